The van der Waals surface area contributed by atoms with Gasteiger partial charge >= 0.3 is 0 Å². The van der Waals surface area contributed by atoms with Crippen LogP contribution < -0.4 is 5.32 Å². The highest BCUT2D eigenvalue weighted by Crippen LogP contribution is 2.23. The van der Waals surface area contributed by atoms with Gasteiger partial charge in [-0.05, 0) is 49.3 Å². The van der Waals surface area contributed by atoms with Crippen LogP contribution in [0.25, 0.3) is 6.08 Å². The Bertz CT molecular complexity index is 681. The molecule has 7 nitrogen and oxygen atoms in total. The van der Waals surface area contributed by atoms with Crippen LogP contribution in [0, 0.1) is 5.92 Å². The van der Waals surface area contributed by atoms with Crippen LogP contribution in [0.5, 0.6) is 0 Å². The second-order valence-electron chi connectivity index (χ2n) is 8.40. The molecule has 180 valence electrons. The second-order valence-corrected chi connectivity index (χ2v) is 9.35. The van der Waals surface area contributed by atoms with Crippen molar-refractivity contribution in [1.82, 2.24) is 14.6 Å². The SMILES string of the molecule is O=C(C=Cc1cccnc1)NCCCCCCCN(CCOCC1CCCCC1)S(=O)[O-]. The largest absolute Gasteiger partial charge is 0.760 e. The molecule has 8 heteroatoms. The number of carbonyl (C=O) groups excluding carboxylic acids is 1. The van der Waals surface area contributed by atoms with Crippen molar-refractivity contribution in [2.24, 2.45) is 5.92 Å². The van der Waals surface area contributed by atoms with Gasteiger partial charge in [0.1, 0.15) is 0 Å². The number of hydrogen-bond acceptors (Lipinski definition) is 5. The Morgan fingerprint density at radius 1 is 1.19 bits per heavy atom. The third-order valence-corrected chi connectivity index (χ3v) is 6.56. The summed E-state index contributed by atoms with van der Waals surface area (Å²) in [5.74, 6) is 0.546. The highest BCUT2D eigenvalue weighted by Gasteiger charge is 2.13. The van der Waals surface area contributed by atoms with Crippen LogP contribution >= 0.6 is 0 Å². The molecule has 0 bridgehead atoms. The Balaban J connectivity index is 1.44. The molecule has 2 rings (SSSR count). The zero-order chi connectivity index (χ0) is 22.9. The van der Waals surface area contributed by atoms with Gasteiger partial charge in [-0.1, -0.05) is 44.6 Å². The maximum Gasteiger partial charge on any atom is 0.243 e. The normalized spacial score (nSPS) is 15.9. The van der Waals surface area contributed by atoms with Crippen LogP contribution in [0.2, 0.25) is 0 Å². The van der Waals surface area contributed by atoms with Gasteiger partial charge in [0, 0.05) is 56.0 Å². The first-order valence-corrected chi connectivity index (χ1v) is 13.0. The minimum atomic E-state index is -2.20. The quantitative estimate of drug-likeness (QED) is 0.228. The molecule has 1 fully saturated rings. The zero-order valence-corrected chi connectivity index (χ0v) is 19.9. The van der Waals surface area contributed by atoms with Gasteiger partial charge in [-0.15, -0.1) is 0 Å². The highest BCUT2D eigenvalue weighted by atomic mass is 32.2. The van der Waals surface area contributed by atoms with E-state index in [-0.39, 0.29) is 5.91 Å². The number of carbonyl (C=O) groups is 1. The molecule has 1 aliphatic rings. The Morgan fingerprint density at radius 3 is 2.72 bits per heavy atom. The molecule has 0 spiro atoms. The number of hydrogen-bond donors (Lipinski definition) is 1. The molecule has 1 saturated carbocycles. The Morgan fingerprint density at radius 2 is 1.97 bits per heavy atom. The molecule has 1 aromatic heterocycles. The van der Waals surface area contributed by atoms with Crippen LogP contribution in [0.4, 0.5) is 0 Å². The van der Waals surface area contributed by atoms with Gasteiger partial charge in [0.2, 0.25) is 5.91 Å². The lowest BCUT2D eigenvalue weighted by Crippen LogP contribution is -2.31. The number of amides is 1. The van der Waals surface area contributed by atoms with E-state index in [1.807, 2.05) is 12.1 Å². The van der Waals surface area contributed by atoms with E-state index in [1.165, 1.54) is 42.5 Å². The molecule has 0 radical (unpaired) electrons. The van der Waals surface area contributed by atoms with E-state index in [1.54, 1.807) is 18.5 Å². The van der Waals surface area contributed by atoms with Crippen molar-refractivity contribution < 1.29 is 18.3 Å². The van der Waals surface area contributed by atoms with E-state index in [0.29, 0.717) is 32.2 Å². The summed E-state index contributed by atoms with van der Waals surface area (Å²) < 4.78 is 30.1. The van der Waals surface area contributed by atoms with Crippen molar-refractivity contribution in [1.29, 1.82) is 0 Å². The van der Waals surface area contributed by atoms with Crippen molar-refractivity contribution in [3.05, 3.63) is 36.2 Å². The average Bonchev–Trinajstić information content (AvgIpc) is 2.81. The van der Waals surface area contributed by atoms with Crippen molar-refractivity contribution in [2.75, 3.05) is 32.8 Å². The molecule has 0 aliphatic heterocycles. The lowest BCUT2D eigenvalue weighted by molar-refractivity contribution is -0.116. The highest BCUT2D eigenvalue weighted by molar-refractivity contribution is 7.76. The molecule has 32 heavy (non-hydrogen) atoms. The summed E-state index contributed by atoms with van der Waals surface area (Å²) in [5, 5.41) is 2.88. The number of aromatic nitrogens is 1. The fourth-order valence-corrected chi connectivity index (χ4v) is 4.39. The molecule has 1 aliphatic carbocycles. The van der Waals surface area contributed by atoms with Crippen LogP contribution in [0.3, 0.4) is 0 Å². The number of unbranched alkanes of at least 4 members (excludes halogenated alkanes) is 4. The van der Waals surface area contributed by atoms with Crippen molar-refractivity contribution in [2.45, 2.75) is 64.2 Å². The molecule has 1 aromatic rings. The van der Waals surface area contributed by atoms with Crippen LogP contribution in [0.15, 0.2) is 30.6 Å². The summed E-state index contributed by atoms with van der Waals surface area (Å²) >= 11 is -2.20. The molecule has 0 aromatic carbocycles. The first-order chi connectivity index (χ1) is 15.6. The van der Waals surface area contributed by atoms with Crippen molar-refractivity contribution in [3.8, 4) is 0 Å². The maximum absolute atomic E-state index is 11.8. The minimum absolute atomic E-state index is 0.104. The molecule has 0 saturated heterocycles. The smallest absolute Gasteiger partial charge is 0.243 e. The fraction of sp³-hybridized carbons (Fsp3) is 0.667. The van der Waals surface area contributed by atoms with Gasteiger partial charge in [-0.3, -0.25) is 14.0 Å². The van der Waals surface area contributed by atoms with Gasteiger partial charge < -0.3 is 14.6 Å². The molecule has 1 amide bonds. The predicted octanol–water partition coefficient (Wildman–Crippen LogP) is 3.85. The van der Waals surface area contributed by atoms with Gasteiger partial charge in [0.15, 0.2) is 0 Å². The first kappa shape index (κ1) is 26.6. The number of nitrogens with one attached hydrogen (secondary N) is 1. The molecule has 1 unspecified atom stereocenters. The predicted molar refractivity (Wildman–Crippen MR) is 127 cm³/mol. The zero-order valence-electron chi connectivity index (χ0n) is 19.1. The number of nitrogens with zero attached hydrogens (tertiary/aromatic N) is 2. The monoisotopic (exact) mass is 464 g/mol. The summed E-state index contributed by atoms with van der Waals surface area (Å²) in [6.45, 7) is 2.85. The maximum atomic E-state index is 11.8. The standard InChI is InChI=1S/C24H39N3O4S/c28-24(14-13-22-12-9-15-25-20-22)26-16-7-2-1-3-8-17-27(32(29)30)18-19-31-21-23-10-5-4-6-11-23/h9,12-15,20,23H,1-8,10-11,16-19,21H2,(H,26,28)(H,29,30)/p-1. The number of rotatable bonds is 16. The third kappa shape index (κ3) is 12.4. The molecular formula is C24H38N3O4S-. The fourth-order valence-electron chi connectivity index (χ4n) is 3.89. The van der Waals surface area contributed by atoms with Crippen molar-refractivity contribution >= 4 is 23.2 Å². The molecule has 1 N–H and O–H groups in total. The summed E-state index contributed by atoms with van der Waals surface area (Å²) in [6, 6.07) is 3.72. The van der Waals surface area contributed by atoms with Gasteiger partial charge in [0.05, 0.1) is 6.61 Å². The number of ether oxygens (including phenoxy) is 1. The third-order valence-electron chi connectivity index (χ3n) is 5.77. The summed E-state index contributed by atoms with van der Waals surface area (Å²) in [5.41, 5.74) is 0.895. The Hall–Kier alpha value is -1.61. The lowest BCUT2D eigenvalue weighted by atomic mass is 9.90. The Labute approximate surface area is 195 Å². The molecule has 1 atom stereocenters. The van der Waals surface area contributed by atoms with Gasteiger partial charge in [0.25, 0.3) is 0 Å². The topological polar surface area (TPSA) is 94.6 Å². The first-order valence-electron chi connectivity index (χ1n) is 11.9. The van der Waals surface area contributed by atoms with E-state index in [2.05, 4.69) is 10.3 Å². The molecular weight excluding hydrogens is 426 g/mol. The number of pyridine rings is 1. The lowest BCUT2D eigenvalue weighted by Gasteiger charge is -2.25. The van der Waals surface area contributed by atoms with E-state index in [4.69, 9.17) is 4.74 Å². The van der Waals surface area contributed by atoms with Gasteiger partial charge in [-0.25, -0.2) is 4.31 Å². The average molecular weight is 465 g/mol. The summed E-state index contributed by atoms with van der Waals surface area (Å²) in [4.78, 5) is 15.8. The van der Waals surface area contributed by atoms with Crippen molar-refractivity contribution in [3.63, 3.8) is 0 Å². The summed E-state index contributed by atoms with van der Waals surface area (Å²) in [6.07, 6.45) is 17.8. The van der Waals surface area contributed by atoms with E-state index in [0.717, 1.165) is 44.3 Å². The molecule has 1 heterocycles. The Kier molecular flexibility index (Phi) is 14.1. The van der Waals surface area contributed by atoms with Crippen LogP contribution in [0.1, 0.15) is 69.8 Å². The summed E-state index contributed by atoms with van der Waals surface area (Å²) in [7, 11) is 0. The van der Waals surface area contributed by atoms with Gasteiger partial charge in [-0.2, -0.15) is 0 Å². The second kappa shape index (κ2) is 16.9. The van der Waals surface area contributed by atoms with E-state index >= 15 is 0 Å². The van der Waals surface area contributed by atoms with Crippen LogP contribution in [-0.2, 0) is 20.8 Å². The minimum Gasteiger partial charge on any atom is -0.760 e. The van der Waals surface area contributed by atoms with Crippen LogP contribution in [-0.4, -0.2) is 56.8 Å². The van der Waals surface area contributed by atoms with E-state index in [9.17, 15) is 13.6 Å². The van der Waals surface area contributed by atoms with E-state index < -0.39 is 11.3 Å².